The van der Waals surface area contributed by atoms with E-state index in [9.17, 15) is 4.79 Å². The number of imidazole rings is 1. The van der Waals surface area contributed by atoms with Crippen LogP contribution in [0.25, 0.3) is 11.3 Å². The second kappa shape index (κ2) is 10.3. The third kappa shape index (κ3) is 5.30. The SMILES string of the molecule is COc1ccc(-c2csc(NC(=O)CSc3nccn3Cc3ccccc3)n2)c(OC)c1. The monoisotopic (exact) mass is 466 g/mol. The van der Waals surface area contributed by atoms with Crippen molar-refractivity contribution in [1.82, 2.24) is 14.5 Å². The maximum absolute atomic E-state index is 12.5. The van der Waals surface area contributed by atoms with Gasteiger partial charge in [0.25, 0.3) is 0 Å². The fraction of sp³-hybridized carbons (Fsp3) is 0.174. The number of rotatable bonds is 9. The van der Waals surface area contributed by atoms with Crippen LogP contribution >= 0.6 is 23.1 Å². The van der Waals surface area contributed by atoms with Crippen LogP contribution < -0.4 is 14.8 Å². The maximum Gasteiger partial charge on any atom is 0.236 e. The number of amides is 1. The Kier molecular flexibility index (Phi) is 7.08. The van der Waals surface area contributed by atoms with Crippen LogP contribution in [-0.4, -0.2) is 40.4 Å². The van der Waals surface area contributed by atoms with Crippen molar-refractivity contribution >= 4 is 34.1 Å². The Morgan fingerprint density at radius 3 is 2.78 bits per heavy atom. The van der Waals surface area contributed by atoms with Crippen molar-refractivity contribution in [2.75, 3.05) is 25.3 Å². The van der Waals surface area contributed by atoms with E-state index in [-0.39, 0.29) is 11.7 Å². The number of nitrogens with one attached hydrogen (secondary N) is 1. The van der Waals surface area contributed by atoms with Crippen molar-refractivity contribution in [2.45, 2.75) is 11.7 Å². The Balaban J connectivity index is 1.36. The molecule has 164 valence electrons. The number of aromatic nitrogens is 3. The van der Waals surface area contributed by atoms with Gasteiger partial charge in [-0.05, 0) is 17.7 Å². The van der Waals surface area contributed by atoms with Crippen molar-refractivity contribution in [3.05, 3.63) is 71.9 Å². The zero-order chi connectivity index (χ0) is 22.3. The maximum atomic E-state index is 12.5. The molecule has 0 atom stereocenters. The van der Waals surface area contributed by atoms with E-state index in [0.29, 0.717) is 23.2 Å². The second-order valence-corrected chi connectivity index (χ2v) is 8.56. The molecule has 2 heterocycles. The summed E-state index contributed by atoms with van der Waals surface area (Å²) in [5.74, 6) is 1.48. The molecule has 4 aromatic rings. The summed E-state index contributed by atoms with van der Waals surface area (Å²) >= 11 is 2.77. The summed E-state index contributed by atoms with van der Waals surface area (Å²) in [6.07, 6.45) is 3.67. The normalized spacial score (nSPS) is 10.7. The van der Waals surface area contributed by atoms with Crippen LogP contribution in [0.5, 0.6) is 11.5 Å². The summed E-state index contributed by atoms with van der Waals surface area (Å²) in [6.45, 7) is 0.713. The molecule has 0 aliphatic heterocycles. The number of ether oxygens (including phenoxy) is 2. The number of benzene rings is 2. The molecule has 0 saturated heterocycles. The minimum Gasteiger partial charge on any atom is -0.497 e. The third-order valence-corrected chi connectivity index (χ3v) is 6.40. The van der Waals surface area contributed by atoms with Gasteiger partial charge in [0.15, 0.2) is 10.3 Å². The van der Waals surface area contributed by atoms with E-state index in [4.69, 9.17) is 9.47 Å². The highest BCUT2D eigenvalue weighted by molar-refractivity contribution is 7.99. The first-order valence-corrected chi connectivity index (χ1v) is 11.7. The van der Waals surface area contributed by atoms with Gasteiger partial charge in [-0.2, -0.15) is 0 Å². The minimum atomic E-state index is -0.133. The van der Waals surface area contributed by atoms with Crippen molar-refractivity contribution < 1.29 is 14.3 Å². The Hall–Kier alpha value is -3.30. The number of hydrogen-bond acceptors (Lipinski definition) is 7. The Labute approximate surface area is 194 Å². The van der Waals surface area contributed by atoms with Gasteiger partial charge in [-0.25, -0.2) is 9.97 Å². The van der Waals surface area contributed by atoms with Crippen LogP contribution in [0, 0.1) is 0 Å². The molecule has 1 N–H and O–H groups in total. The first-order chi connectivity index (χ1) is 15.7. The van der Waals surface area contributed by atoms with Crippen molar-refractivity contribution in [3.63, 3.8) is 0 Å². The van der Waals surface area contributed by atoms with Gasteiger partial charge in [0.2, 0.25) is 5.91 Å². The van der Waals surface area contributed by atoms with Gasteiger partial charge in [-0.3, -0.25) is 4.79 Å². The van der Waals surface area contributed by atoms with Crippen LogP contribution in [0.4, 0.5) is 5.13 Å². The molecular weight excluding hydrogens is 444 g/mol. The molecular formula is C23H22N4O3S2. The van der Waals surface area contributed by atoms with Crippen molar-refractivity contribution in [3.8, 4) is 22.8 Å². The van der Waals surface area contributed by atoms with Gasteiger partial charge in [0.1, 0.15) is 11.5 Å². The number of thioether (sulfide) groups is 1. The lowest BCUT2D eigenvalue weighted by Crippen LogP contribution is -2.14. The van der Waals surface area contributed by atoms with E-state index in [2.05, 4.69) is 27.4 Å². The molecule has 7 nitrogen and oxygen atoms in total. The summed E-state index contributed by atoms with van der Waals surface area (Å²) < 4.78 is 12.7. The standard InChI is InChI=1S/C23H22N4O3S2/c1-29-17-8-9-18(20(12-17)30-2)19-14-31-22(25-19)26-21(28)15-32-23-24-10-11-27(23)13-16-6-4-3-5-7-16/h3-12,14H,13,15H2,1-2H3,(H,25,26,28). The summed E-state index contributed by atoms with van der Waals surface area (Å²) in [4.78, 5) is 21.4. The van der Waals surface area contributed by atoms with E-state index < -0.39 is 0 Å². The largest absolute Gasteiger partial charge is 0.497 e. The molecule has 9 heteroatoms. The predicted molar refractivity (Wildman–Crippen MR) is 128 cm³/mol. The van der Waals surface area contributed by atoms with Gasteiger partial charge in [0, 0.05) is 35.9 Å². The fourth-order valence-corrected chi connectivity index (χ4v) is 4.57. The topological polar surface area (TPSA) is 78.3 Å². The van der Waals surface area contributed by atoms with E-state index in [1.165, 1.54) is 28.7 Å². The molecule has 0 saturated carbocycles. The van der Waals surface area contributed by atoms with Crippen LogP contribution in [0.15, 0.2) is 71.5 Å². The molecule has 4 rings (SSSR count). The number of thiazole rings is 1. The van der Waals surface area contributed by atoms with Gasteiger partial charge < -0.3 is 19.4 Å². The molecule has 0 aliphatic rings. The molecule has 0 fully saturated rings. The highest BCUT2D eigenvalue weighted by Gasteiger charge is 2.14. The average Bonchev–Trinajstić information content (AvgIpc) is 3.47. The van der Waals surface area contributed by atoms with E-state index in [1.807, 2.05) is 46.5 Å². The number of hydrogen-bond donors (Lipinski definition) is 1. The van der Waals surface area contributed by atoms with Crippen LogP contribution in [-0.2, 0) is 11.3 Å². The highest BCUT2D eigenvalue weighted by Crippen LogP contribution is 2.34. The van der Waals surface area contributed by atoms with Crippen LogP contribution in [0.3, 0.4) is 0 Å². The average molecular weight is 467 g/mol. The van der Waals surface area contributed by atoms with Gasteiger partial charge in [0.05, 0.1) is 25.7 Å². The smallest absolute Gasteiger partial charge is 0.236 e. The Bertz CT molecular complexity index is 1190. The summed E-state index contributed by atoms with van der Waals surface area (Å²) in [5, 5.41) is 6.09. The van der Waals surface area contributed by atoms with Crippen molar-refractivity contribution in [1.29, 1.82) is 0 Å². The number of nitrogens with zero attached hydrogens (tertiary/aromatic N) is 3. The molecule has 2 aromatic carbocycles. The number of carbonyl (C=O) groups excluding carboxylic acids is 1. The number of carbonyl (C=O) groups is 1. The Morgan fingerprint density at radius 1 is 1.16 bits per heavy atom. The lowest BCUT2D eigenvalue weighted by atomic mass is 10.1. The van der Waals surface area contributed by atoms with E-state index in [0.717, 1.165) is 16.4 Å². The zero-order valence-corrected chi connectivity index (χ0v) is 19.3. The predicted octanol–water partition coefficient (Wildman–Crippen LogP) is 4.80. The lowest BCUT2D eigenvalue weighted by Gasteiger charge is -2.08. The quantitative estimate of drug-likeness (QED) is 0.357. The van der Waals surface area contributed by atoms with Crippen LogP contribution in [0.2, 0.25) is 0 Å². The molecule has 1 amide bonds. The van der Waals surface area contributed by atoms with E-state index >= 15 is 0 Å². The second-order valence-electron chi connectivity index (χ2n) is 6.76. The molecule has 2 aromatic heterocycles. The summed E-state index contributed by atoms with van der Waals surface area (Å²) in [6, 6.07) is 15.7. The lowest BCUT2D eigenvalue weighted by molar-refractivity contribution is -0.113. The number of methoxy groups -OCH3 is 2. The van der Waals surface area contributed by atoms with Gasteiger partial charge in [-0.1, -0.05) is 42.1 Å². The van der Waals surface area contributed by atoms with Crippen LogP contribution in [0.1, 0.15) is 5.56 Å². The van der Waals surface area contributed by atoms with Gasteiger partial charge in [-0.15, -0.1) is 11.3 Å². The minimum absolute atomic E-state index is 0.133. The number of anilines is 1. The summed E-state index contributed by atoms with van der Waals surface area (Å²) in [5.41, 5.74) is 2.75. The molecule has 0 unspecified atom stereocenters. The first-order valence-electron chi connectivity index (χ1n) is 9.82. The zero-order valence-electron chi connectivity index (χ0n) is 17.6. The molecule has 0 radical (unpaired) electrons. The van der Waals surface area contributed by atoms with Crippen molar-refractivity contribution in [2.24, 2.45) is 0 Å². The molecule has 32 heavy (non-hydrogen) atoms. The Morgan fingerprint density at radius 2 is 2.00 bits per heavy atom. The van der Waals surface area contributed by atoms with Gasteiger partial charge >= 0.3 is 0 Å². The summed E-state index contributed by atoms with van der Waals surface area (Å²) in [7, 11) is 3.21. The fourth-order valence-electron chi connectivity index (χ4n) is 3.09. The van der Waals surface area contributed by atoms with E-state index in [1.54, 1.807) is 26.5 Å². The molecule has 0 spiro atoms. The molecule has 0 aliphatic carbocycles. The first kappa shape index (κ1) is 21.9. The molecule has 0 bridgehead atoms. The highest BCUT2D eigenvalue weighted by atomic mass is 32.2. The third-order valence-electron chi connectivity index (χ3n) is 4.64.